The molecule has 0 radical (unpaired) electrons. The SMILES string of the molecule is c1ccc(CCn2ccc(-c3ccccc3)c2)cc1. The fraction of sp³-hybridized carbons (Fsp3) is 0.111. The zero-order chi connectivity index (χ0) is 12.9. The molecular weight excluding hydrogens is 230 g/mol. The summed E-state index contributed by atoms with van der Waals surface area (Å²) in [5.41, 5.74) is 3.95. The van der Waals surface area contributed by atoms with Gasteiger partial charge in [-0.3, -0.25) is 0 Å². The van der Waals surface area contributed by atoms with Crippen molar-refractivity contribution in [2.45, 2.75) is 13.0 Å². The first-order valence-corrected chi connectivity index (χ1v) is 6.67. The van der Waals surface area contributed by atoms with Gasteiger partial charge < -0.3 is 4.57 Å². The van der Waals surface area contributed by atoms with Gasteiger partial charge in [0.15, 0.2) is 0 Å². The van der Waals surface area contributed by atoms with Crippen LogP contribution in [-0.4, -0.2) is 4.57 Å². The molecule has 94 valence electrons. The van der Waals surface area contributed by atoms with Crippen molar-refractivity contribution in [1.29, 1.82) is 0 Å². The summed E-state index contributed by atoms with van der Waals surface area (Å²) in [6, 6.07) is 23.3. The zero-order valence-electron chi connectivity index (χ0n) is 10.9. The molecule has 3 rings (SSSR count). The molecule has 0 aliphatic heterocycles. The number of aromatic nitrogens is 1. The monoisotopic (exact) mass is 247 g/mol. The summed E-state index contributed by atoms with van der Waals surface area (Å²) in [5.74, 6) is 0. The van der Waals surface area contributed by atoms with Crippen molar-refractivity contribution in [3.63, 3.8) is 0 Å². The van der Waals surface area contributed by atoms with E-state index in [1.54, 1.807) is 0 Å². The number of hydrogen-bond donors (Lipinski definition) is 0. The molecule has 1 nitrogen and oxygen atoms in total. The second-order valence-corrected chi connectivity index (χ2v) is 4.74. The summed E-state index contributed by atoms with van der Waals surface area (Å²) in [5, 5.41) is 0. The highest BCUT2D eigenvalue weighted by atomic mass is 14.9. The van der Waals surface area contributed by atoms with E-state index in [0.29, 0.717) is 0 Å². The molecule has 0 N–H and O–H groups in total. The van der Waals surface area contributed by atoms with E-state index >= 15 is 0 Å². The van der Waals surface area contributed by atoms with Gasteiger partial charge in [-0.05, 0) is 29.2 Å². The third-order valence-electron chi connectivity index (χ3n) is 3.36. The van der Waals surface area contributed by atoms with Gasteiger partial charge in [-0.15, -0.1) is 0 Å². The summed E-state index contributed by atoms with van der Waals surface area (Å²) >= 11 is 0. The van der Waals surface area contributed by atoms with E-state index in [9.17, 15) is 0 Å². The van der Waals surface area contributed by atoms with Crippen LogP contribution in [0.15, 0.2) is 79.1 Å². The highest BCUT2D eigenvalue weighted by molar-refractivity contribution is 5.62. The number of rotatable bonds is 4. The summed E-state index contributed by atoms with van der Waals surface area (Å²) in [6.45, 7) is 1.02. The van der Waals surface area contributed by atoms with Crippen molar-refractivity contribution in [3.8, 4) is 11.1 Å². The molecule has 0 aliphatic carbocycles. The summed E-state index contributed by atoms with van der Waals surface area (Å²) in [6.07, 6.45) is 5.45. The Morgan fingerprint density at radius 3 is 2.11 bits per heavy atom. The second-order valence-electron chi connectivity index (χ2n) is 4.74. The summed E-state index contributed by atoms with van der Waals surface area (Å²) in [4.78, 5) is 0. The average Bonchev–Trinajstić information content (AvgIpc) is 2.96. The molecule has 0 saturated heterocycles. The molecule has 1 heteroatoms. The molecule has 1 aromatic heterocycles. The van der Waals surface area contributed by atoms with Gasteiger partial charge in [0, 0.05) is 18.9 Å². The maximum absolute atomic E-state index is 2.26. The van der Waals surface area contributed by atoms with Gasteiger partial charge in [0.05, 0.1) is 0 Å². The van der Waals surface area contributed by atoms with Crippen LogP contribution in [0, 0.1) is 0 Å². The Balaban J connectivity index is 1.69. The first-order chi connectivity index (χ1) is 9.42. The third kappa shape index (κ3) is 2.94. The van der Waals surface area contributed by atoms with E-state index in [0.717, 1.165) is 13.0 Å². The fourth-order valence-corrected chi connectivity index (χ4v) is 2.28. The molecule has 0 atom stereocenters. The maximum Gasteiger partial charge on any atom is 0.0260 e. The van der Waals surface area contributed by atoms with E-state index < -0.39 is 0 Å². The Bertz CT molecular complexity index is 623. The van der Waals surface area contributed by atoms with Crippen LogP contribution in [0.4, 0.5) is 0 Å². The van der Waals surface area contributed by atoms with Crippen LogP contribution in [-0.2, 0) is 13.0 Å². The van der Waals surface area contributed by atoms with Crippen molar-refractivity contribution < 1.29 is 0 Å². The van der Waals surface area contributed by atoms with E-state index in [2.05, 4.69) is 83.7 Å². The summed E-state index contributed by atoms with van der Waals surface area (Å²) in [7, 11) is 0. The highest BCUT2D eigenvalue weighted by Crippen LogP contribution is 2.19. The number of aryl methyl sites for hydroxylation is 2. The topological polar surface area (TPSA) is 4.93 Å². The van der Waals surface area contributed by atoms with Gasteiger partial charge >= 0.3 is 0 Å². The van der Waals surface area contributed by atoms with Crippen LogP contribution in [0.3, 0.4) is 0 Å². The molecule has 1 heterocycles. The molecule has 0 bridgehead atoms. The highest BCUT2D eigenvalue weighted by Gasteiger charge is 1.99. The van der Waals surface area contributed by atoms with Crippen LogP contribution < -0.4 is 0 Å². The minimum absolute atomic E-state index is 1.02. The third-order valence-corrected chi connectivity index (χ3v) is 3.36. The van der Waals surface area contributed by atoms with Gasteiger partial charge in [0.25, 0.3) is 0 Å². The largest absolute Gasteiger partial charge is 0.353 e. The first-order valence-electron chi connectivity index (χ1n) is 6.67. The van der Waals surface area contributed by atoms with E-state index in [1.807, 2.05) is 0 Å². The lowest BCUT2D eigenvalue weighted by Gasteiger charge is -2.03. The summed E-state index contributed by atoms with van der Waals surface area (Å²) < 4.78 is 2.26. The van der Waals surface area contributed by atoms with Crippen LogP contribution in [0.25, 0.3) is 11.1 Å². The van der Waals surface area contributed by atoms with Crippen molar-refractivity contribution in [2.75, 3.05) is 0 Å². The predicted molar refractivity (Wildman–Crippen MR) is 80.0 cm³/mol. The maximum atomic E-state index is 2.26. The Labute approximate surface area is 114 Å². The first kappa shape index (κ1) is 11.8. The molecule has 3 aromatic rings. The van der Waals surface area contributed by atoms with Crippen LogP contribution in [0.2, 0.25) is 0 Å². The van der Waals surface area contributed by atoms with Gasteiger partial charge in [-0.2, -0.15) is 0 Å². The van der Waals surface area contributed by atoms with Crippen molar-refractivity contribution >= 4 is 0 Å². The normalized spacial score (nSPS) is 10.5. The average molecular weight is 247 g/mol. The minimum Gasteiger partial charge on any atom is -0.353 e. The lowest BCUT2D eigenvalue weighted by atomic mass is 10.1. The number of hydrogen-bond acceptors (Lipinski definition) is 0. The van der Waals surface area contributed by atoms with E-state index in [4.69, 9.17) is 0 Å². The Morgan fingerprint density at radius 2 is 1.37 bits per heavy atom. The molecule has 0 fully saturated rings. The van der Waals surface area contributed by atoms with Gasteiger partial charge in [0.1, 0.15) is 0 Å². The predicted octanol–water partition coefficient (Wildman–Crippen LogP) is 4.40. The Morgan fingerprint density at radius 1 is 0.684 bits per heavy atom. The van der Waals surface area contributed by atoms with Crippen LogP contribution in [0.5, 0.6) is 0 Å². The molecular formula is C18H17N. The molecule has 0 amide bonds. The fourth-order valence-electron chi connectivity index (χ4n) is 2.28. The standard InChI is InChI=1S/C18H17N/c1-3-7-16(8-4-1)11-13-19-14-12-18(15-19)17-9-5-2-6-10-17/h1-10,12,14-15H,11,13H2. The molecule has 19 heavy (non-hydrogen) atoms. The Kier molecular flexibility index (Phi) is 3.46. The molecule has 2 aromatic carbocycles. The van der Waals surface area contributed by atoms with Crippen molar-refractivity contribution in [1.82, 2.24) is 4.57 Å². The van der Waals surface area contributed by atoms with Crippen LogP contribution >= 0.6 is 0 Å². The molecule has 0 aliphatic rings. The van der Waals surface area contributed by atoms with Crippen molar-refractivity contribution in [3.05, 3.63) is 84.7 Å². The van der Waals surface area contributed by atoms with Gasteiger partial charge in [0.2, 0.25) is 0 Å². The second kappa shape index (κ2) is 5.57. The molecule has 0 unspecified atom stereocenters. The number of nitrogens with zero attached hydrogens (tertiary/aromatic N) is 1. The zero-order valence-corrected chi connectivity index (χ0v) is 10.9. The van der Waals surface area contributed by atoms with Gasteiger partial charge in [-0.1, -0.05) is 60.7 Å². The minimum atomic E-state index is 1.02. The van der Waals surface area contributed by atoms with E-state index in [1.165, 1.54) is 16.7 Å². The van der Waals surface area contributed by atoms with Crippen LogP contribution in [0.1, 0.15) is 5.56 Å². The molecule has 0 spiro atoms. The lowest BCUT2D eigenvalue weighted by Crippen LogP contribution is -1.97. The smallest absolute Gasteiger partial charge is 0.0260 e. The quantitative estimate of drug-likeness (QED) is 0.644. The van der Waals surface area contributed by atoms with Crippen molar-refractivity contribution in [2.24, 2.45) is 0 Å². The van der Waals surface area contributed by atoms with E-state index in [-0.39, 0.29) is 0 Å². The van der Waals surface area contributed by atoms with Gasteiger partial charge in [-0.25, -0.2) is 0 Å². The Hall–Kier alpha value is -2.28. The number of benzene rings is 2. The molecule has 0 saturated carbocycles. The lowest BCUT2D eigenvalue weighted by molar-refractivity contribution is 0.701.